The molecular formula is C21H26F2N4O5. The maximum Gasteiger partial charge on any atom is 0.269 e. The minimum Gasteiger partial charge on any atom is -0.400 e. The van der Waals surface area contributed by atoms with E-state index in [0.29, 0.717) is 0 Å². The van der Waals surface area contributed by atoms with Crippen LogP contribution >= 0.6 is 0 Å². The molecule has 0 saturated carbocycles. The molecule has 1 fully saturated rings. The Kier molecular flexibility index (Phi) is 10.9. The Bertz CT molecular complexity index is 911. The molecule has 0 atom stereocenters. The first kappa shape index (κ1) is 26.6. The number of nitro groups is 1. The lowest BCUT2D eigenvalue weighted by Crippen LogP contribution is -2.44. The third-order valence-electron chi connectivity index (χ3n) is 4.66. The van der Waals surface area contributed by atoms with E-state index in [1.807, 2.05) is 13.0 Å². The Morgan fingerprint density at radius 1 is 1.06 bits per heavy atom. The molecule has 2 N–H and O–H groups in total. The number of anilines is 2. The van der Waals surface area contributed by atoms with Gasteiger partial charge in [0.15, 0.2) is 6.29 Å². The van der Waals surface area contributed by atoms with Gasteiger partial charge in [-0.3, -0.25) is 19.7 Å². The fraction of sp³-hybridized carbons (Fsp3) is 0.333. The van der Waals surface area contributed by atoms with E-state index in [2.05, 4.69) is 22.2 Å². The number of nitrogens with zero attached hydrogens (tertiary/aromatic N) is 3. The predicted molar refractivity (Wildman–Crippen MR) is 117 cm³/mol. The van der Waals surface area contributed by atoms with Gasteiger partial charge >= 0.3 is 0 Å². The molecular weight excluding hydrogens is 426 g/mol. The fourth-order valence-electron chi connectivity index (χ4n) is 3.00. The highest BCUT2D eigenvalue weighted by Crippen LogP contribution is 2.25. The molecule has 0 unspecified atom stereocenters. The van der Waals surface area contributed by atoms with Gasteiger partial charge in [-0.25, -0.2) is 8.78 Å². The van der Waals surface area contributed by atoms with Crippen LogP contribution < -0.4 is 10.2 Å². The van der Waals surface area contributed by atoms with Crippen molar-refractivity contribution in [1.82, 2.24) is 4.90 Å². The number of hydrogen-bond donors (Lipinski definition) is 2. The molecule has 2 aromatic rings. The molecule has 0 bridgehead atoms. The smallest absolute Gasteiger partial charge is 0.269 e. The Labute approximate surface area is 184 Å². The summed E-state index contributed by atoms with van der Waals surface area (Å²) in [5, 5.41) is 19.7. The number of hydrogen-bond acceptors (Lipinski definition) is 7. The standard InChI is InChI=1S/C12H17N3O2.C8H5F2NO2.CH4O/c1-10-9-11(15(16)17)3-4-12(10)14-7-5-13(2)6-8-14;9-7-1-5(11-4-13)2-8(10)6(7)3-12;1-2/h3-4,9H,5-8H2,1-2H3;1-4H,(H,11,13);2H,1H3. The number of aliphatic hydroxyl groups excluding tert-OH is 1. The number of nitrogens with one attached hydrogen (secondary N) is 1. The first-order valence-corrected chi connectivity index (χ1v) is 9.54. The Morgan fingerprint density at radius 3 is 2.06 bits per heavy atom. The first-order valence-electron chi connectivity index (χ1n) is 9.54. The lowest BCUT2D eigenvalue weighted by molar-refractivity contribution is -0.384. The lowest BCUT2D eigenvalue weighted by Gasteiger charge is -2.34. The number of non-ortho nitro benzene ring substituents is 1. The molecule has 1 aliphatic heterocycles. The Morgan fingerprint density at radius 2 is 1.62 bits per heavy atom. The van der Waals surface area contributed by atoms with Crippen molar-refractivity contribution < 1.29 is 28.4 Å². The second-order valence-electron chi connectivity index (χ2n) is 6.75. The van der Waals surface area contributed by atoms with E-state index in [-0.39, 0.29) is 29.0 Å². The number of aldehydes is 1. The number of halogens is 2. The highest BCUT2D eigenvalue weighted by molar-refractivity contribution is 5.78. The first-order chi connectivity index (χ1) is 15.3. The zero-order valence-corrected chi connectivity index (χ0v) is 18.0. The van der Waals surface area contributed by atoms with Crippen LogP contribution in [0, 0.1) is 28.7 Å². The van der Waals surface area contributed by atoms with Crippen LogP contribution in [-0.2, 0) is 4.79 Å². The molecule has 0 spiro atoms. The second kappa shape index (κ2) is 13.1. The van der Waals surface area contributed by atoms with Crippen LogP contribution in [0.2, 0.25) is 0 Å². The minimum absolute atomic E-state index is 0.0319. The Hall–Kier alpha value is -3.44. The summed E-state index contributed by atoms with van der Waals surface area (Å²) in [6.07, 6.45) is 0.365. The molecule has 0 aliphatic carbocycles. The van der Waals surface area contributed by atoms with E-state index < -0.39 is 17.2 Å². The van der Waals surface area contributed by atoms with Gasteiger partial charge in [-0.2, -0.15) is 0 Å². The normalized spacial score (nSPS) is 13.1. The van der Waals surface area contributed by atoms with Crippen LogP contribution in [0.25, 0.3) is 0 Å². The van der Waals surface area contributed by atoms with Crippen molar-refractivity contribution in [3.63, 3.8) is 0 Å². The average molecular weight is 452 g/mol. The molecule has 2 aromatic carbocycles. The van der Waals surface area contributed by atoms with Gasteiger partial charge in [0.1, 0.15) is 11.6 Å². The molecule has 1 amide bonds. The summed E-state index contributed by atoms with van der Waals surface area (Å²) < 4.78 is 25.6. The molecule has 11 heteroatoms. The summed E-state index contributed by atoms with van der Waals surface area (Å²) in [4.78, 5) is 35.0. The highest BCUT2D eigenvalue weighted by Gasteiger charge is 2.17. The van der Waals surface area contributed by atoms with Gasteiger partial charge in [-0.05, 0) is 37.7 Å². The van der Waals surface area contributed by atoms with Gasteiger partial charge in [0.25, 0.3) is 5.69 Å². The predicted octanol–water partition coefficient (Wildman–Crippen LogP) is 2.61. The van der Waals surface area contributed by atoms with E-state index in [9.17, 15) is 28.5 Å². The number of likely N-dealkylation sites (N-methyl/N-ethyl adjacent to an activating group) is 1. The lowest BCUT2D eigenvalue weighted by atomic mass is 10.1. The molecule has 174 valence electrons. The van der Waals surface area contributed by atoms with Crippen molar-refractivity contribution in [3.8, 4) is 0 Å². The van der Waals surface area contributed by atoms with Crippen molar-refractivity contribution >= 4 is 29.8 Å². The number of carbonyl (C=O) groups excluding carboxylic acids is 2. The van der Waals surface area contributed by atoms with E-state index in [1.165, 1.54) is 0 Å². The van der Waals surface area contributed by atoms with Gasteiger partial charge in [-0.15, -0.1) is 0 Å². The molecule has 3 rings (SSSR count). The zero-order valence-electron chi connectivity index (χ0n) is 18.0. The maximum absolute atomic E-state index is 12.8. The zero-order chi connectivity index (χ0) is 24.3. The molecule has 1 saturated heterocycles. The summed E-state index contributed by atoms with van der Waals surface area (Å²) in [7, 11) is 3.11. The number of benzene rings is 2. The number of rotatable bonds is 5. The number of aryl methyl sites for hydroxylation is 1. The molecule has 0 aromatic heterocycles. The van der Waals surface area contributed by atoms with Gasteiger partial charge in [0.2, 0.25) is 6.41 Å². The summed E-state index contributed by atoms with van der Waals surface area (Å²) in [5.74, 6) is -2.00. The molecule has 0 radical (unpaired) electrons. The number of nitro benzene ring substituents is 1. The van der Waals surface area contributed by atoms with E-state index in [4.69, 9.17) is 5.11 Å². The van der Waals surface area contributed by atoms with Crippen molar-refractivity contribution in [2.75, 3.05) is 50.6 Å². The van der Waals surface area contributed by atoms with Crippen molar-refractivity contribution in [2.45, 2.75) is 6.92 Å². The third-order valence-corrected chi connectivity index (χ3v) is 4.66. The third kappa shape index (κ3) is 7.36. The van der Waals surface area contributed by atoms with Crippen LogP contribution in [0.3, 0.4) is 0 Å². The minimum atomic E-state index is -1.00. The van der Waals surface area contributed by atoms with Crippen LogP contribution in [-0.4, -0.2) is 68.0 Å². The van der Waals surface area contributed by atoms with Crippen molar-refractivity contribution in [3.05, 3.63) is 63.2 Å². The molecule has 32 heavy (non-hydrogen) atoms. The highest BCUT2D eigenvalue weighted by atomic mass is 19.1. The summed E-state index contributed by atoms with van der Waals surface area (Å²) in [6.45, 7) is 5.97. The molecule has 1 aliphatic rings. The average Bonchev–Trinajstić information content (AvgIpc) is 2.76. The number of carbonyl (C=O) groups is 2. The number of piperazine rings is 1. The Balaban J connectivity index is 0.000000307. The summed E-state index contributed by atoms with van der Waals surface area (Å²) in [6, 6.07) is 6.82. The maximum atomic E-state index is 12.8. The quantitative estimate of drug-likeness (QED) is 0.407. The van der Waals surface area contributed by atoms with Crippen LogP contribution in [0.4, 0.5) is 25.8 Å². The van der Waals surface area contributed by atoms with Gasteiger partial charge in [-0.1, -0.05) is 0 Å². The fourth-order valence-corrected chi connectivity index (χ4v) is 3.00. The largest absolute Gasteiger partial charge is 0.400 e. The molecule has 9 nitrogen and oxygen atoms in total. The van der Waals surface area contributed by atoms with Gasteiger partial charge in [0.05, 0.1) is 10.5 Å². The van der Waals surface area contributed by atoms with E-state index in [1.54, 1.807) is 12.1 Å². The monoisotopic (exact) mass is 452 g/mol. The van der Waals surface area contributed by atoms with Crippen LogP contribution in [0.1, 0.15) is 15.9 Å². The van der Waals surface area contributed by atoms with Gasteiger partial charge < -0.3 is 20.2 Å². The van der Waals surface area contributed by atoms with E-state index in [0.717, 1.165) is 56.7 Å². The second-order valence-corrected chi connectivity index (χ2v) is 6.75. The van der Waals surface area contributed by atoms with Crippen LogP contribution in [0.15, 0.2) is 30.3 Å². The number of amides is 1. The van der Waals surface area contributed by atoms with Gasteiger partial charge in [0, 0.05) is 56.8 Å². The van der Waals surface area contributed by atoms with Crippen molar-refractivity contribution in [2.24, 2.45) is 0 Å². The van der Waals surface area contributed by atoms with E-state index >= 15 is 0 Å². The topological polar surface area (TPSA) is 116 Å². The van der Waals surface area contributed by atoms with Crippen molar-refractivity contribution in [1.29, 1.82) is 0 Å². The SMILES string of the molecule is CO.Cc1cc([N+](=O)[O-])ccc1N1CCN(C)CC1.O=CNc1cc(F)c(C=O)c(F)c1. The number of aliphatic hydroxyl groups is 1. The summed E-state index contributed by atoms with van der Waals surface area (Å²) in [5.41, 5.74) is 1.58. The van der Waals surface area contributed by atoms with Crippen LogP contribution in [0.5, 0.6) is 0 Å². The summed E-state index contributed by atoms with van der Waals surface area (Å²) >= 11 is 0. The molecule has 1 heterocycles.